The Morgan fingerprint density at radius 1 is 0.410 bits per heavy atom. The monoisotopic (exact) mass is 898 g/mol. The van der Waals surface area contributed by atoms with Crippen LogP contribution in [0.25, 0.3) is 0 Å². The van der Waals surface area contributed by atoms with Crippen molar-refractivity contribution >= 4 is 11.4 Å². The van der Waals surface area contributed by atoms with E-state index in [4.69, 9.17) is 20.9 Å². The molecule has 4 N–H and O–H groups in total. The summed E-state index contributed by atoms with van der Waals surface area (Å²) in [4.78, 5) is 0. The molecule has 0 atom stereocenters. The highest BCUT2D eigenvalue weighted by atomic mass is 19.4. The molecule has 4 aromatic carbocycles. The number of halogens is 18. The van der Waals surface area contributed by atoms with Gasteiger partial charge in [0.1, 0.15) is 33.8 Å². The molecule has 0 saturated carbocycles. The number of alkyl halides is 18. The summed E-state index contributed by atoms with van der Waals surface area (Å²) in [6, 6.07) is 5.38. The largest absolute Gasteiger partial charge is 0.456 e. The minimum absolute atomic E-state index is 0.0118. The van der Waals surface area contributed by atoms with Crippen molar-refractivity contribution < 1.29 is 88.5 Å². The van der Waals surface area contributed by atoms with Gasteiger partial charge in [0.15, 0.2) is 11.5 Å². The Labute approximate surface area is 332 Å². The molecule has 4 aromatic rings. The van der Waals surface area contributed by atoms with Crippen molar-refractivity contribution in [1.29, 1.82) is 0 Å². The summed E-state index contributed by atoms with van der Waals surface area (Å²) < 4.78 is 266. The number of hydrogen-bond donors (Lipinski definition) is 2. The standard InChI is InChI=1S/C39H28F18N2O2/c1-31(2)13-33(19-9-15(5-7-17(19)31)60-29-21(34(40,41)42)11-23(58)25(36(46,47)48)27(29)38(52,53)54)14-32(3,4)18-8-6-16(10-20(18)33)61-30-22(35(43,44)45)12-24(59)26(37(49,50)51)28(30)39(55,56)57/h5-12H,13-14,58-59H2,1-4H3. The Morgan fingerprint density at radius 3 is 0.967 bits per heavy atom. The average molecular weight is 899 g/mol. The van der Waals surface area contributed by atoms with Crippen LogP contribution in [-0.4, -0.2) is 0 Å². The van der Waals surface area contributed by atoms with Crippen molar-refractivity contribution in [2.24, 2.45) is 0 Å². The molecule has 1 spiro atoms. The molecular formula is C39H28F18N2O2. The second-order valence-electron chi connectivity index (χ2n) is 16.0. The second kappa shape index (κ2) is 13.4. The lowest BCUT2D eigenvalue weighted by Crippen LogP contribution is -2.27. The molecular weight excluding hydrogens is 870 g/mol. The van der Waals surface area contributed by atoms with Crippen molar-refractivity contribution in [2.45, 2.75) is 93.8 Å². The van der Waals surface area contributed by atoms with Gasteiger partial charge in [0, 0.05) is 16.8 Å². The highest BCUT2D eigenvalue weighted by Gasteiger charge is 2.58. The van der Waals surface area contributed by atoms with E-state index >= 15 is 0 Å². The maximum Gasteiger partial charge on any atom is 0.420 e. The lowest BCUT2D eigenvalue weighted by atomic mass is 9.72. The molecule has 2 aliphatic rings. The molecule has 2 aliphatic carbocycles. The molecule has 22 heteroatoms. The van der Waals surface area contributed by atoms with E-state index in [-0.39, 0.29) is 36.1 Å². The number of fused-ring (bicyclic) bond motifs is 4. The third kappa shape index (κ3) is 7.71. The molecule has 332 valence electrons. The van der Waals surface area contributed by atoms with E-state index in [0.717, 1.165) is 24.3 Å². The van der Waals surface area contributed by atoms with Crippen LogP contribution in [0.4, 0.5) is 90.4 Å². The molecule has 61 heavy (non-hydrogen) atoms. The van der Waals surface area contributed by atoms with Gasteiger partial charge in [-0.1, -0.05) is 39.8 Å². The summed E-state index contributed by atoms with van der Waals surface area (Å²) in [5.74, 6) is -6.29. The van der Waals surface area contributed by atoms with Gasteiger partial charge in [0.05, 0.1) is 11.1 Å². The van der Waals surface area contributed by atoms with E-state index < -0.39 is 121 Å². The summed E-state index contributed by atoms with van der Waals surface area (Å²) >= 11 is 0. The lowest BCUT2D eigenvalue weighted by Gasteiger charge is -2.31. The van der Waals surface area contributed by atoms with Crippen LogP contribution in [-0.2, 0) is 53.3 Å². The van der Waals surface area contributed by atoms with E-state index in [2.05, 4.69) is 0 Å². The minimum atomic E-state index is -6.14. The number of ether oxygens (including phenoxy) is 2. The molecule has 0 fully saturated rings. The topological polar surface area (TPSA) is 70.5 Å². The highest BCUT2D eigenvalue weighted by molar-refractivity contribution is 5.67. The fourth-order valence-electron chi connectivity index (χ4n) is 8.83. The van der Waals surface area contributed by atoms with Gasteiger partial charge in [-0.15, -0.1) is 0 Å². The van der Waals surface area contributed by atoms with Gasteiger partial charge in [-0.3, -0.25) is 0 Å². The maximum atomic E-state index is 14.4. The third-order valence-corrected chi connectivity index (χ3v) is 10.8. The summed E-state index contributed by atoms with van der Waals surface area (Å²) in [6.07, 6.45) is -35.7. The predicted octanol–water partition coefficient (Wildman–Crippen LogP) is 14.2. The maximum absolute atomic E-state index is 14.4. The van der Waals surface area contributed by atoms with Gasteiger partial charge in [-0.05, 0) is 82.3 Å². The molecule has 0 aromatic heterocycles. The van der Waals surface area contributed by atoms with Crippen LogP contribution in [0.1, 0.15) is 96.2 Å². The summed E-state index contributed by atoms with van der Waals surface area (Å²) in [7, 11) is 0. The van der Waals surface area contributed by atoms with Crippen LogP contribution in [0.3, 0.4) is 0 Å². The molecule has 0 heterocycles. The van der Waals surface area contributed by atoms with Crippen LogP contribution in [0.15, 0.2) is 48.5 Å². The SMILES string of the molecule is CC1(C)CC2(CC(C)(C)c3ccc(Oc4c(C(F)(F)F)cc(N)c(C(F)(F)F)c4C(F)(F)F)cc32)c2cc(Oc3c(C(F)(F)F)cc(N)c(C(F)(F)F)c3C(F)(F)F)ccc21. The van der Waals surface area contributed by atoms with Gasteiger partial charge in [0.25, 0.3) is 0 Å². The number of anilines is 2. The molecule has 0 radical (unpaired) electrons. The first-order valence-electron chi connectivity index (χ1n) is 17.3. The zero-order chi connectivity index (χ0) is 46.2. The van der Waals surface area contributed by atoms with Crippen molar-refractivity contribution in [3.8, 4) is 23.0 Å². The van der Waals surface area contributed by atoms with E-state index in [1.807, 2.05) is 0 Å². The van der Waals surface area contributed by atoms with E-state index in [9.17, 15) is 79.0 Å². The quantitative estimate of drug-likeness (QED) is 0.158. The third-order valence-electron chi connectivity index (χ3n) is 10.8. The first-order valence-corrected chi connectivity index (χ1v) is 17.3. The number of nitrogens with two attached hydrogens (primary N) is 2. The van der Waals surface area contributed by atoms with Crippen molar-refractivity contribution in [1.82, 2.24) is 0 Å². The van der Waals surface area contributed by atoms with Gasteiger partial charge < -0.3 is 20.9 Å². The molecule has 0 saturated heterocycles. The van der Waals surface area contributed by atoms with E-state index in [0.29, 0.717) is 11.1 Å². The zero-order valence-electron chi connectivity index (χ0n) is 31.3. The zero-order valence-corrected chi connectivity index (χ0v) is 31.3. The van der Waals surface area contributed by atoms with Gasteiger partial charge in [-0.25, -0.2) is 0 Å². The minimum Gasteiger partial charge on any atom is -0.456 e. The van der Waals surface area contributed by atoms with Crippen LogP contribution in [0.5, 0.6) is 23.0 Å². The molecule has 6 rings (SSSR count). The van der Waals surface area contributed by atoms with Crippen LogP contribution in [0.2, 0.25) is 0 Å². The van der Waals surface area contributed by atoms with Crippen LogP contribution < -0.4 is 20.9 Å². The summed E-state index contributed by atoms with van der Waals surface area (Å²) in [5, 5.41) is 0. The first-order chi connectivity index (χ1) is 27.3. The van der Waals surface area contributed by atoms with E-state index in [1.54, 1.807) is 27.7 Å². The summed E-state index contributed by atoms with van der Waals surface area (Å²) in [5.41, 5.74) is -11.9. The highest BCUT2D eigenvalue weighted by Crippen LogP contribution is 2.64. The molecule has 0 unspecified atom stereocenters. The fraction of sp³-hybridized carbons (Fsp3) is 0.385. The Balaban J connectivity index is 1.59. The van der Waals surface area contributed by atoms with Crippen molar-refractivity contribution in [3.05, 3.63) is 104 Å². The van der Waals surface area contributed by atoms with Crippen molar-refractivity contribution in [3.63, 3.8) is 0 Å². The molecule has 0 amide bonds. The smallest absolute Gasteiger partial charge is 0.420 e. The summed E-state index contributed by atoms with van der Waals surface area (Å²) in [6.45, 7) is 6.57. The molecule has 4 nitrogen and oxygen atoms in total. The predicted molar refractivity (Wildman–Crippen MR) is 181 cm³/mol. The number of benzene rings is 4. The lowest BCUT2D eigenvalue weighted by molar-refractivity contribution is -0.164. The Hall–Kier alpha value is -5.18. The molecule has 0 aliphatic heterocycles. The number of nitrogen functional groups attached to an aromatic ring is 2. The Bertz CT molecular complexity index is 2260. The van der Waals surface area contributed by atoms with Gasteiger partial charge in [-0.2, -0.15) is 79.0 Å². The number of rotatable bonds is 4. The first kappa shape index (κ1) is 45.3. The Kier molecular flexibility index (Phi) is 9.97. The van der Waals surface area contributed by atoms with E-state index in [1.165, 1.54) is 12.1 Å². The average Bonchev–Trinajstić information content (AvgIpc) is 3.41. The Morgan fingerprint density at radius 2 is 0.705 bits per heavy atom. The van der Waals surface area contributed by atoms with Gasteiger partial charge in [0.2, 0.25) is 0 Å². The van der Waals surface area contributed by atoms with Crippen LogP contribution >= 0.6 is 0 Å². The van der Waals surface area contributed by atoms with Crippen LogP contribution in [0, 0.1) is 0 Å². The number of hydrogen-bond acceptors (Lipinski definition) is 4. The fourth-order valence-corrected chi connectivity index (χ4v) is 8.83. The van der Waals surface area contributed by atoms with Crippen molar-refractivity contribution in [2.75, 3.05) is 11.5 Å². The van der Waals surface area contributed by atoms with Gasteiger partial charge >= 0.3 is 37.1 Å². The second-order valence-corrected chi connectivity index (χ2v) is 16.0. The molecule has 0 bridgehead atoms. The normalized spacial score (nSPS) is 17.4.